The van der Waals surface area contributed by atoms with Crippen LogP contribution < -0.4 is 20.4 Å². The van der Waals surface area contributed by atoms with Crippen molar-refractivity contribution in [2.24, 2.45) is 0 Å². The Bertz CT molecular complexity index is 1120. The van der Waals surface area contributed by atoms with Crippen LogP contribution in [0.1, 0.15) is 29.4 Å². The van der Waals surface area contributed by atoms with Crippen LogP contribution in [-0.4, -0.2) is 53.3 Å². The fourth-order valence-electron chi connectivity index (χ4n) is 3.69. The number of amides is 3. The number of carbonyl (C=O) groups is 2. The summed E-state index contributed by atoms with van der Waals surface area (Å²) in [7, 11) is 0. The van der Waals surface area contributed by atoms with Gasteiger partial charge in [-0.25, -0.2) is 14.8 Å². The first-order chi connectivity index (χ1) is 15.2. The van der Waals surface area contributed by atoms with Crippen LogP contribution in [0.25, 0.3) is 0 Å². The van der Waals surface area contributed by atoms with Crippen molar-refractivity contribution >= 4 is 29.3 Å². The van der Waals surface area contributed by atoms with Gasteiger partial charge in [0.2, 0.25) is 0 Å². The number of rotatable bonds is 3. The molecule has 2 aromatic rings. The van der Waals surface area contributed by atoms with E-state index in [9.17, 15) is 22.8 Å². The van der Waals surface area contributed by atoms with Crippen LogP contribution in [0.15, 0.2) is 30.5 Å². The summed E-state index contributed by atoms with van der Waals surface area (Å²) in [6, 6.07) is 4.94. The Kier molecular flexibility index (Phi) is 5.33. The predicted octanol–water partition coefficient (Wildman–Crippen LogP) is 2.66. The van der Waals surface area contributed by atoms with Gasteiger partial charge < -0.3 is 10.2 Å². The molecule has 9 nitrogen and oxygen atoms in total. The highest BCUT2D eigenvalue weighted by Crippen LogP contribution is 2.39. The number of anilines is 3. The van der Waals surface area contributed by atoms with Crippen molar-refractivity contribution in [2.75, 3.05) is 28.2 Å². The number of nitriles is 1. The number of nitrogens with one attached hydrogen (secondary N) is 2. The van der Waals surface area contributed by atoms with Crippen molar-refractivity contribution in [1.29, 1.82) is 5.26 Å². The smallest absolute Gasteiger partial charge is 0.366 e. The first kappa shape index (κ1) is 21.4. The molecule has 1 saturated heterocycles. The average Bonchev–Trinajstić information content (AvgIpc) is 3.17. The molecule has 166 valence electrons. The van der Waals surface area contributed by atoms with Gasteiger partial charge in [-0.15, -0.1) is 0 Å². The quantitative estimate of drug-likeness (QED) is 0.751. The second kappa shape index (κ2) is 7.99. The van der Waals surface area contributed by atoms with Gasteiger partial charge >= 0.3 is 12.2 Å². The zero-order valence-electron chi connectivity index (χ0n) is 16.8. The predicted molar refractivity (Wildman–Crippen MR) is 108 cm³/mol. The van der Waals surface area contributed by atoms with Crippen molar-refractivity contribution in [3.8, 4) is 6.07 Å². The standard InChI is InChI=1S/C20H18F3N7O2/c1-11(20(21,22)23)26-18(31)14-2-3-15-17(27-14)30(13-5-7-29(15)10-13)19(32)28-16-8-12(9-24)4-6-25-16/h2-4,6,8,11,13H,5,7,10H2,1H3,(H,26,31)(H,25,28,32)/t11-,13?/m1/s1. The number of nitrogens with zero attached hydrogens (tertiary/aromatic N) is 5. The molecule has 2 aliphatic rings. The molecule has 2 atom stereocenters. The second-order valence-corrected chi connectivity index (χ2v) is 7.51. The van der Waals surface area contributed by atoms with Gasteiger partial charge in [-0.05, 0) is 37.6 Å². The van der Waals surface area contributed by atoms with Gasteiger partial charge in [0.05, 0.1) is 23.4 Å². The summed E-state index contributed by atoms with van der Waals surface area (Å²) in [5.74, 6) is -0.641. The molecule has 0 radical (unpaired) electrons. The Morgan fingerprint density at radius 3 is 2.81 bits per heavy atom. The molecule has 1 fully saturated rings. The monoisotopic (exact) mass is 445 g/mol. The van der Waals surface area contributed by atoms with Gasteiger partial charge in [-0.3, -0.25) is 15.0 Å². The number of hydrogen-bond acceptors (Lipinski definition) is 6. The van der Waals surface area contributed by atoms with Crippen molar-refractivity contribution in [3.63, 3.8) is 0 Å². The number of aromatic nitrogens is 2. The molecule has 32 heavy (non-hydrogen) atoms. The van der Waals surface area contributed by atoms with E-state index in [1.807, 2.05) is 16.3 Å². The Balaban J connectivity index is 1.63. The first-order valence-corrected chi connectivity index (χ1v) is 9.77. The zero-order valence-corrected chi connectivity index (χ0v) is 16.8. The third-order valence-electron chi connectivity index (χ3n) is 5.37. The number of alkyl halides is 3. The number of carbonyl (C=O) groups excluding carboxylic acids is 2. The van der Waals surface area contributed by atoms with Gasteiger partial charge in [0.15, 0.2) is 5.82 Å². The van der Waals surface area contributed by atoms with Crippen LogP contribution in [0.3, 0.4) is 0 Å². The second-order valence-electron chi connectivity index (χ2n) is 7.51. The van der Waals surface area contributed by atoms with E-state index >= 15 is 0 Å². The maximum Gasteiger partial charge on any atom is 0.408 e. The van der Waals surface area contributed by atoms with Crippen LogP contribution in [-0.2, 0) is 0 Å². The van der Waals surface area contributed by atoms with Gasteiger partial charge in [0.25, 0.3) is 5.91 Å². The molecule has 1 unspecified atom stereocenters. The van der Waals surface area contributed by atoms with E-state index in [1.165, 1.54) is 29.3 Å². The average molecular weight is 445 g/mol. The molecule has 0 saturated carbocycles. The SMILES string of the molecule is C[C@@H](NC(=O)c1ccc2c(n1)N(C(=O)Nc1cc(C#N)ccn1)C1CCN2C1)C(F)(F)F. The van der Waals surface area contributed by atoms with E-state index in [4.69, 9.17) is 5.26 Å². The number of fused-ring (bicyclic) bond motifs is 4. The normalized spacial score (nSPS) is 17.9. The van der Waals surface area contributed by atoms with Crippen LogP contribution in [0.2, 0.25) is 0 Å². The summed E-state index contributed by atoms with van der Waals surface area (Å²) in [6.45, 7) is 2.07. The minimum atomic E-state index is -4.59. The summed E-state index contributed by atoms with van der Waals surface area (Å²) >= 11 is 0. The Morgan fingerprint density at radius 2 is 2.09 bits per heavy atom. The van der Waals surface area contributed by atoms with Gasteiger partial charge in [-0.1, -0.05) is 0 Å². The van der Waals surface area contributed by atoms with Crippen molar-refractivity contribution < 1.29 is 22.8 Å². The molecule has 3 amide bonds. The maximum absolute atomic E-state index is 13.1. The lowest BCUT2D eigenvalue weighted by Crippen LogP contribution is -2.49. The molecule has 2 aliphatic heterocycles. The lowest BCUT2D eigenvalue weighted by molar-refractivity contribution is -0.149. The molecule has 2 bridgehead atoms. The lowest BCUT2D eigenvalue weighted by atomic mass is 10.1. The van der Waals surface area contributed by atoms with Crippen LogP contribution in [0.5, 0.6) is 0 Å². The number of hydrogen-bond donors (Lipinski definition) is 2. The molecule has 2 aromatic heterocycles. The van der Waals surface area contributed by atoms with Crippen LogP contribution in [0, 0.1) is 11.3 Å². The highest BCUT2D eigenvalue weighted by molar-refractivity contribution is 6.05. The molecule has 0 aromatic carbocycles. The topological polar surface area (TPSA) is 114 Å². The number of pyridine rings is 2. The molecule has 0 spiro atoms. The fraction of sp³-hybridized carbons (Fsp3) is 0.350. The largest absolute Gasteiger partial charge is 0.408 e. The molecule has 0 aliphatic carbocycles. The summed E-state index contributed by atoms with van der Waals surface area (Å²) in [5.41, 5.74) is 0.690. The number of urea groups is 1. The molecule has 2 N–H and O–H groups in total. The van der Waals surface area contributed by atoms with Crippen LogP contribution >= 0.6 is 0 Å². The summed E-state index contributed by atoms with van der Waals surface area (Å²) < 4.78 is 38.4. The molecule has 4 rings (SSSR count). The van der Waals surface area contributed by atoms with E-state index in [1.54, 1.807) is 6.07 Å². The third-order valence-corrected chi connectivity index (χ3v) is 5.37. The van der Waals surface area contributed by atoms with Crippen molar-refractivity contribution in [2.45, 2.75) is 31.6 Å². The van der Waals surface area contributed by atoms with E-state index in [0.717, 1.165) is 6.92 Å². The highest BCUT2D eigenvalue weighted by Gasteiger charge is 2.41. The van der Waals surface area contributed by atoms with E-state index in [2.05, 4.69) is 15.3 Å². The van der Waals surface area contributed by atoms with Crippen molar-refractivity contribution in [1.82, 2.24) is 15.3 Å². The minimum Gasteiger partial charge on any atom is -0.366 e. The van der Waals surface area contributed by atoms with E-state index in [0.29, 0.717) is 30.8 Å². The molecule has 12 heteroatoms. The van der Waals surface area contributed by atoms with Crippen molar-refractivity contribution in [3.05, 3.63) is 41.7 Å². The Hall–Kier alpha value is -3.88. The summed E-state index contributed by atoms with van der Waals surface area (Å²) in [6.07, 6.45) is -2.55. The maximum atomic E-state index is 13.1. The lowest BCUT2D eigenvalue weighted by Gasteiger charge is -2.35. The van der Waals surface area contributed by atoms with Gasteiger partial charge in [0.1, 0.15) is 17.6 Å². The highest BCUT2D eigenvalue weighted by atomic mass is 19.4. The molecule has 4 heterocycles. The van der Waals surface area contributed by atoms with Gasteiger partial charge in [-0.2, -0.15) is 18.4 Å². The molecular weight excluding hydrogens is 427 g/mol. The van der Waals surface area contributed by atoms with Gasteiger partial charge in [0, 0.05) is 19.3 Å². The van der Waals surface area contributed by atoms with E-state index in [-0.39, 0.29) is 23.4 Å². The minimum absolute atomic E-state index is 0.170. The Morgan fingerprint density at radius 1 is 1.31 bits per heavy atom. The summed E-state index contributed by atoms with van der Waals surface area (Å²) in [4.78, 5) is 37.1. The third kappa shape index (κ3) is 4.01. The first-order valence-electron chi connectivity index (χ1n) is 9.77. The van der Waals surface area contributed by atoms with Crippen LogP contribution in [0.4, 0.5) is 35.3 Å². The number of halogens is 3. The fourth-order valence-corrected chi connectivity index (χ4v) is 3.69. The molecular formula is C20H18F3N7O2. The summed E-state index contributed by atoms with van der Waals surface area (Å²) in [5, 5.41) is 13.5. The van der Waals surface area contributed by atoms with E-state index < -0.39 is 24.2 Å². The zero-order chi connectivity index (χ0) is 23.0. The Labute approximate surface area is 180 Å².